The summed E-state index contributed by atoms with van der Waals surface area (Å²) in [5, 5.41) is 0.566. The van der Waals surface area contributed by atoms with Crippen LogP contribution in [0.25, 0.3) is 11.3 Å². The Morgan fingerprint density at radius 2 is 1.85 bits per heavy atom. The number of ether oxygens (including phenoxy) is 1. The fourth-order valence-electron chi connectivity index (χ4n) is 6.15. The number of para-hydroxylation sites is 1. The van der Waals surface area contributed by atoms with Gasteiger partial charge in [-0.3, -0.25) is 9.88 Å². The normalized spacial score (nSPS) is 22.2. The van der Waals surface area contributed by atoms with E-state index in [2.05, 4.69) is 76.0 Å². The Balaban J connectivity index is 1.30. The molecule has 2 heterocycles. The highest BCUT2D eigenvalue weighted by atomic mass is 16.5. The second-order valence-electron chi connectivity index (χ2n) is 11.3. The summed E-state index contributed by atoms with van der Waals surface area (Å²) in [4.78, 5) is 7.41. The minimum atomic E-state index is 0.566. The molecule has 1 aliphatic carbocycles. The summed E-state index contributed by atoms with van der Waals surface area (Å²) >= 11 is 0. The Morgan fingerprint density at radius 3 is 2.62 bits per heavy atom. The number of pyridine rings is 1. The summed E-state index contributed by atoms with van der Waals surface area (Å²) in [5.41, 5.74) is 9.94. The van der Waals surface area contributed by atoms with Crippen LogP contribution in [0.2, 0.25) is 5.31 Å². The van der Waals surface area contributed by atoms with Crippen molar-refractivity contribution in [2.75, 3.05) is 13.1 Å². The van der Waals surface area contributed by atoms with Crippen LogP contribution in [-0.2, 0) is 19.6 Å². The van der Waals surface area contributed by atoms with Gasteiger partial charge < -0.3 is 4.74 Å². The quantitative estimate of drug-likeness (QED) is 0.440. The van der Waals surface area contributed by atoms with Crippen molar-refractivity contribution in [3.8, 4) is 17.0 Å². The van der Waals surface area contributed by atoms with Crippen LogP contribution < -0.4 is 4.74 Å². The van der Waals surface area contributed by atoms with Crippen molar-refractivity contribution in [2.45, 2.75) is 65.4 Å². The van der Waals surface area contributed by atoms with Crippen molar-refractivity contribution >= 4 is 7.85 Å². The molecule has 0 bridgehead atoms. The first-order valence-electron chi connectivity index (χ1n) is 12.8. The zero-order valence-corrected chi connectivity index (χ0v) is 21.4. The molecule has 2 aliphatic rings. The molecule has 1 fully saturated rings. The fourth-order valence-corrected chi connectivity index (χ4v) is 6.15. The molecular formula is C30H37BN2O. The van der Waals surface area contributed by atoms with Crippen molar-refractivity contribution in [3.05, 3.63) is 82.0 Å². The van der Waals surface area contributed by atoms with E-state index in [4.69, 9.17) is 9.72 Å². The largest absolute Gasteiger partial charge is 0.488 e. The van der Waals surface area contributed by atoms with E-state index in [0.29, 0.717) is 11.9 Å². The first kappa shape index (κ1) is 23.2. The number of fused-ring (bicyclic) bond motifs is 1. The van der Waals surface area contributed by atoms with Gasteiger partial charge in [-0.1, -0.05) is 55.4 Å². The average molecular weight is 452 g/mol. The molecule has 3 aromatic rings. The molecule has 5 rings (SSSR count). The Bertz CT molecular complexity index is 1190. The Morgan fingerprint density at radius 1 is 1.06 bits per heavy atom. The lowest BCUT2D eigenvalue weighted by atomic mass is 9.52. The van der Waals surface area contributed by atoms with Gasteiger partial charge in [0.15, 0.2) is 0 Å². The van der Waals surface area contributed by atoms with E-state index in [-0.39, 0.29) is 0 Å². The van der Waals surface area contributed by atoms with E-state index in [1.165, 1.54) is 48.2 Å². The number of hydrogen-bond acceptors (Lipinski definition) is 3. The molecule has 1 aromatic heterocycles. The first-order chi connectivity index (χ1) is 16.3. The standard InChI is InChI=1S/C30H37BN2O/c1-20-7-5-9-27(28-10-6-8-21(2)32-28)29(20)34-19-25-12-11-24-18-33(14-13-26(24)22(25)3)17-23-15-30(4,31)16-23/h5-12,23H,13-19,31H2,1-4H3. The van der Waals surface area contributed by atoms with Crippen LogP contribution in [0.1, 0.15) is 53.3 Å². The van der Waals surface area contributed by atoms with Crippen LogP contribution in [-0.4, -0.2) is 30.8 Å². The second-order valence-corrected chi connectivity index (χ2v) is 11.3. The maximum atomic E-state index is 6.49. The topological polar surface area (TPSA) is 25.4 Å². The number of aryl methyl sites for hydroxylation is 2. The van der Waals surface area contributed by atoms with Gasteiger partial charge in [0.25, 0.3) is 0 Å². The minimum Gasteiger partial charge on any atom is -0.488 e. The lowest BCUT2D eigenvalue weighted by Crippen LogP contribution is -2.40. The van der Waals surface area contributed by atoms with E-state index < -0.39 is 0 Å². The molecule has 0 spiro atoms. The molecule has 0 amide bonds. The zero-order valence-electron chi connectivity index (χ0n) is 21.4. The number of aromatic nitrogens is 1. The van der Waals surface area contributed by atoms with Crippen LogP contribution >= 0.6 is 0 Å². The van der Waals surface area contributed by atoms with Gasteiger partial charge in [0.05, 0.1) is 5.69 Å². The average Bonchev–Trinajstić information content (AvgIpc) is 2.78. The maximum absolute atomic E-state index is 6.49. The summed E-state index contributed by atoms with van der Waals surface area (Å²) in [6.45, 7) is 12.9. The molecule has 0 N–H and O–H groups in total. The van der Waals surface area contributed by atoms with Crippen molar-refractivity contribution < 1.29 is 4.74 Å². The highest BCUT2D eigenvalue weighted by molar-refractivity contribution is 6.15. The Hall–Kier alpha value is -2.59. The van der Waals surface area contributed by atoms with Crippen LogP contribution in [0.5, 0.6) is 5.75 Å². The van der Waals surface area contributed by atoms with Gasteiger partial charge in [-0.2, -0.15) is 0 Å². The highest BCUT2D eigenvalue weighted by Crippen LogP contribution is 2.49. The molecule has 0 unspecified atom stereocenters. The molecule has 4 heteroatoms. The summed E-state index contributed by atoms with van der Waals surface area (Å²) in [6, 6.07) is 17.1. The number of nitrogens with zero attached hydrogens (tertiary/aromatic N) is 2. The van der Waals surface area contributed by atoms with E-state index in [9.17, 15) is 0 Å². The maximum Gasteiger partial charge on any atom is 0.132 e. The zero-order chi connectivity index (χ0) is 23.9. The molecule has 3 nitrogen and oxygen atoms in total. The SMILES string of the molecule is BC1(C)CC(CN2CCc3c(ccc(COc4c(C)cccc4-c4cccc(C)n4)c3C)C2)C1. The molecule has 0 atom stereocenters. The predicted molar refractivity (Wildman–Crippen MR) is 143 cm³/mol. The number of hydrogen-bond donors (Lipinski definition) is 0. The summed E-state index contributed by atoms with van der Waals surface area (Å²) in [5.74, 6) is 1.82. The third kappa shape index (κ3) is 4.79. The first-order valence-corrected chi connectivity index (χ1v) is 12.8. The van der Waals surface area contributed by atoms with E-state index in [1.807, 2.05) is 13.0 Å². The monoisotopic (exact) mass is 452 g/mol. The van der Waals surface area contributed by atoms with Crippen LogP contribution in [0.3, 0.4) is 0 Å². The van der Waals surface area contributed by atoms with E-state index >= 15 is 0 Å². The molecule has 0 saturated heterocycles. The van der Waals surface area contributed by atoms with Gasteiger partial charge in [-0.05, 0) is 79.1 Å². The van der Waals surface area contributed by atoms with Crippen molar-refractivity contribution in [2.24, 2.45) is 5.92 Å². The van der Waals surface area contributed by atoms with E-state index in [0.717, 1.165) is 47.1 Å². The van der Waals surface area contributed by atoms with Gasteiger partial charge in [0.1, 0.15) is 20.2 Å². The fraction of sp³-hybridized carbons (Fsp3) is 0.433. The molecule has 1 saturated carbocycles. The van der Waals surface area contributed by atoms with Crippen LogP contribution in [0, 0.1) is 26.7 Å². The lowest BCUT2D eigenvalue weighted by molar-refractivity contribution is 0.135. The molecular weight excluding hydrogens is 415 g/mol. The number of benzene rings is 2. The van der Waals surface area contributed by atoms with Gasteiger partial charge >= 0.3 is 0 Å². The smallest absolute Gasteiger partial charge is 0.132 e. The molecule has 2 aromatic carbocycles. The van der Waals surface area contributed by atoms with Gasteiger partial charge in [0.2, 0.25) is 0 Å². The summed E-state index contributed by atoms with van der Waals surface area (Å²) in [7, 11) is 2.40. The number of rotatable bonds is 6. The molecule has 176 valence electrons. The predicted octanol–water partition coefficient (Wildman–Crippen LogP) is 5.83. The summed E-state index contributed by atoms with van der Waals surface area (Å²) < 4.78 is 6.49. The van der Waals surface area contributed by atoms with E-state index in [1.54, 1.807) is 0 Å². The third-order valence-electron chi connectivity index (χ3n) is 7.83. The van der Waals surface area contributed by atoms with Crippen molar-refractivity contribution in [1.82, 2.24) is 9.88 Å². The second kappa shape index (κ2) is 9.22. The minimum absolute atomic E-state index is 0.566. The van der Waals surface area contributed by atoms with Crippen molar-refractivity contribution in [3.63, 3.8) is 0 Å². The third-order valence-corrected chi connectivity index (χ3v) is 7.83. The highest BCUT2D eigenvalue weighted by Gasteiger charge is 2.37. The van der Waals surface area contributed by atoms with Crippen LogP contribution in [0.4, 0.5) is 0 Å². The van der Waals surface area contributed by atoms with Gasteiger partial charge in [-0.15, -0.1) is 0 Å². The van der Waals surface area contributed by atoms with Gasteiger partial charge in [-0.25, -0.2) is 0 Å². The molecule has 0 radical (unpaired) electrons. The lowest BCUT2D eigenvalue weighted by Gasteiger charge is -2.45. The summed E-state index contributed by atoms with van der Waals surface area (Å²) in [6.07, 6.45) is 3.91. The Kier molecular flexibility index (Phi) is 6.29. The Labute approximate surface area is 206 Å². The molecule has 1 aliphatic heterocycles. The van der Waals surface area contributed by atoms with Gasteiger partial charge in [0, 0.05) is 30.9 Å². The van der Waals surface area contributed by atoms with Crippen LogP contribution in [0.15, 0.2) is 48.5 Å². The van der Waals surface area contributed by atoms with Crippen molar-refractivity contribution in [1.29, 1.82) is 0 Å². The molecule has 34 heavy (non-hydrogen) atoms.